The van der Waals surface area contributed by atoms with Gasteiger partial charge >= 0.3 is 0 Å². The summed E-state index contributed by atoms with van der Waals surface area (Å²) >= 11 is 0. The molecule has 0 N–H and O–H groups in total. The second kappa shape index (κ2) is 17.4. The summed E-state index contributed by atoms with van der Waals surface area (Å²) in [4.78, 5) is 2.44. The summed E-state index contributed by atoms with van der Waals surface area (Å²) in [5.41, 5.74) is 21.6. The van der Waals surface area contributed by atoms with E-state index in [0.29, 0.717) is 0 Å². The van der Waals surface area contributed by atoms with Crippen LogP contribution in [-0.2, 0) is 5.41 Å². The van der Waals surface area contributed by atoms with E-state index in [9.17, 15) is 0 Å². The van der Waals surface area contributed by atoms with E-state index in [-0.39, 0.29) is 0 Å². The van der Waals surface area contributed by atoms with Gasteiger partial charge in [0.05, 0.1) is 11.1 Å². The van der Waals surface area contributed by atoms with Crippen LogP contribution < -0.4 is 4.90 Å². The first-order valence-electron chi connectivity index (χ1n) is 25.2. The number of anilines is 3. The summed E-state index contributed by atoms with van der Waals surface area (Å²) < 4.78 is 6.21. The zero-order valence-electron chi connectivity index (χ0n) is 40.0. The first kappa shape index (κ1) is 42.4. The number of hydrogen-bond acceptors (Lipinski definition) is 2. The highest BCUT2D eigenvalue weighted by atomic mass is 16.3. The third kappa shape index (κ3) is 6.94. The van der Waals surface area contributed by atoms with Crippen LogP contribution in [0.3, 0.4) is 0 Å². The fraction of sp³-hybridized carbons (Fsp3) is 0.0141. The minimum atomic E-state index is -0.492. The van der Waals surface area contributed by atoms with Crippen LogP contribution in [0.4, 0.5) is 17.1 Å². The van der Waals surface area contributed by atoms with Crippen LogP contribution in [0.15, 0.2) is 290 Å². The van der Waals surface area contributed by atoms with Crippen molar-refractivity contribution < 1.29 is 4.42 Å². The van der Waals surface area contributed by atoms with Gasteiger partial charge in [0.25, 0.3) is 0 Å². The van der Waals surface area contributed by atoms with Crippen molar-refractivity contribution in [3.05, 3.63) is 307 Å². The van der Waals surface area contributed by atoms with E-state index in [0.717, 1.165) is 55.7 Å². The number of hydrogen-bond donors (Lipinski definition) is 0. The molecule has 0 unspecified atom stereocenters. The number of benzene rings is 12. The van der Waals surface area contributed by atoms with Gasteiger partial charge in [-0.1, -0.05) is 237 Å². The molecule has 0 fully saturated rings. The monoisotopic (exact) mass is 929 g/mol. The maximum atomic E-state index is 6.21. The van der Waals surface area contributed by atoms with Crippen LogP contribution in [0.2, 0.25) is 0 Å². The quantitative estimate of drug-likeness (QED) is 0.143. The van der Waals surface area contributed by atoms with Crippen molar-refractivity contribution in [1.82, 2.24) is 0 Å². The zero-order chi connectivity index (χ0) is 48.3. The number of para-hydroxylation sites is 1. The second-order valence-electron chi connectivity index (χ2n) is 19.1. The van der Waals surface area contributed by atoms with Gasteiger partial charge in [0.15, 0.2) is 0 Å². The number of fused-ring (bicyclic) bond motifs is 7. The highest BCUT2D eigenvalue weighted by Crippen LogP contribution is 2.58. The van der Waals surface area contributed by atoms with Crippen molar-refractivity contribution >= 4 is 49.8 Å². The molecule has 13 aromatic rings. The Morgan fingerprint density at radius 1 is 0.274 bits per heavy atom. The molecule has 0 amide bonds. The Morgan fingerprint density at radius 2 is 0.808 bits per heavy atom. The fourth-order valence-electron chi connectivity index (χ4n) is 11.9. The third-order valence-electron chi connectivity index (χ3n) is 15.2. The average Bonchev–Trinajstić information content (AvgIpc) is 4.04. The largest absolute Gasteiger partial charge is 0.456 e. The lowest BCUT2D eigenvalue weighted by Crippen LogP contribution is -2.28. The van der Waals surface area contributed by atoms with Crippen molar-refractivity contribution in [2.75, 3.05) is 4.90 Å². The molecule has 73 heavy (non-hydrogen) atoms. The minimum Gasteiger partial charge on any atom is -0.456 e. The molecule has 1 heterocycles. The van der Waals surface area contributed by atoms with Gasteiger partial charge in [0.1, 0.15) is 11.2 Å². The van der Waals surface area contributed by atoms with Gasteiger partial charge in [-0.2, -0.15) is 0 Å². The van der Waals surface area contributed by atoms with Gasteiger partial charge in [0.2, 0.25) is 0 Å². The van der Waals surface area contributed by atoms with Crippen molar-refractivity contribution in [3.63, 3.8) is 0 Å². The summed E-state index contributed by atoms with van der Waals surface area (Å²) in [7, 11) is 0. The van der Waals surface area contributed by atoms with E-state index in [4.69, 9.17) is 4.42 Å². The topological polar surface area (TPSA) is 16.4 Å². The molecule has 2 heteroatoms. The molecule has 0 aliphatic heterocycles. The predicted octanol–water partition coefficient (Wildman–Crippen LogP) is 19.2. The molecule has 0 bridgehead atoms. The fourth-order valence-corrected chi connectivity index (χ4v) is 11.9. The lowest BCUT2D eigenvalue weighted by molar-refractivity contribution is 0.669. The molecule has 1 aromatic heterocycles. The maximum Gasteiger partial charge on any atom is 0.135 e. The molecule has 1 aliphatic carbocycles. The van der Waals surface area contributed by atoms with Crippen LogP contribution in [-0.4, -0.2) is 0 Å². The Hall–Kier alpha value is -9.50. The number of rotatable bonds is 9. The number of nitrogens with zero attached hydrogens (tertiary/aromatic N) is 1. The summed E-state index contributed by atoms with van der Waals surface area (Å²) in [5, 5.41) is 4.62. The molecule has 2 nitrogen and oxygen atoms in total. The molecule has 1 aliphatic rings. The molecule has 342 valence electrons. The molecule has 0 spiro atoms. The molecule has 12 aromatic carbocycles. The van der Waals surface area contributed by atoms with Gasteiger partial charge < -0.3 is 9.32 Å². The Bertz CT molecular complexity index is 4130. The Labute approximate surface area is 425 Å². The third-order valence-corrected chi connectivity index (χ3v) is 15.2. The first-order chi connectivity index (χ1) is 36.2. The Kier molecular flexibility index (Phi) is 10.1. The Balaban J connectivity index is 0.937. The van der Waals surface area contributed by atoms with Crippen LogP contribution in [0.1, 0.15) is 22.3 Å². The van der Waals surface area contributed by atoms with E-state index in [2.05, 4.69) is 278 Å². The van der Waals surface area contributed by atoms with E-state index >= 15 is 0 Å². The van der Waals surface area contributed by atoms with Gasteiger partial charge in [-0.3, -0.25) is 0 Å². The van der Waals surface area contributed by atoms with Crippen LogP contribution in [0.25, 0.3) is 88.3 Å². The van der Waals surface area contributed by atoms with E-state index in [1.54, 1.807) is 0 Å². The van der Waals surface area contributed by atoms with Gasteiger partial charge in [-0.15, -0.1) is 0 Å². The summed E-state index contributed by atoms with van der Waals surface area (Å²) in [6.45, 7) is 0. The van der Waals surface area contributed by atoms with E-state index in [1.807, 2.05) is 12.1 Å². The maximum absolute atomic E-state index is 6.21. The summed E-state index contributed by atoms with van der Waals surface area (Å²) in [5.74, 6) is 0. The molecular weight excluding hydrogens is 883 g/mol. The minimum absolute atomic E-state index is 0.492. The van der Waals surface area contributed by atoms with Crippen molar-refractivity contribution in [1.29, 1.82) is 0 Å². The zero-order valence-corrected chi connectivity index (χ0v) is 40.0. The average molecular weight is 930 g/mol. The molecule has 0 saturated heterocycles. The molecule has 14 rings (SSSR count). The summed E-state index contributed by atoms with van der Waals surface area (Å²) in [6.07, 6.45) is 0. The van der Waals surface area contributed by atoms with Crippen LogP contribution in [0.5, 0.6) is 0 Å². The van der Waals surface area contributed by atoms with Crippen molar-refractivity contribution in [3.8, 4) is 55.6 Å². The molecule has 0 atom stereocenters. The smallest absolute Gasteiger partial charge is 0.135 e. The number of furan rings is 1. The SMILES string of the molecule is c1ccc(-c2ccc(-c3ccc(N(c4ccc(-c5ccc6oc7ccccc7c6c5)cc4)c4cccc(-c5cccc6c5-c5ccccc5C6(c5ccccc5)c5ccccc5)c4)c4ccccc34)cc2)cc1. The molecular formula is C71H47NO. The lowest BCUT2D eigenvalue weighted by Gasteiger charge is -2.34. The van der Waals surface area contributed by atoms with Crippen molar-refractivity contribution in [2.24, 2.45) is 0 Å². The highest BCUT2D eigenvalue weighted by molar-refractivity contribution is 6.08. The molecule has 0 radical (unpaired) electrons. The summed E-state index contributed by atoms with van der Waals surface area (Å²) in [6, 6.07) is 104. The first-order valence-corrected chi connectivity index (χ1v) is 25.2. The van der Waals surface area contributed by atoms with E-state index < -0.39 is 5.41 Å². The van der Waals surface area contributed by atoms with E-state index in [1.165, 1.54) is 72.0 Å². The Morgan fingerprint density at radius 3 is 1.58 bits per heavy atom. The highest BCUT2D eigenvalue weighted by Gasteiger charge is 2.46. The van der Waals surface area contributed by atoms with Crippen LogP contribution in [0, 0.1) is 0 Å². The van der Waals surface area contributed by atoms with Crippen LogP contribution >= 0.6 is 0 Å². The normalized spacial score (nSPS) is 12.5. The van der Waals surface area contributed by atoms with Gasteiger partial charge in [0, 0.05) is 27.5 Å². The molecule has 0 saturated carbocycles. The predicted molar refractivity (Wildman–Crippen MR) is 305 cm³/mol. The van der Waals surface area contributed by atoms with Crippen molar-refractivity contribution in [2.45, 2.75) is 5.41 Å². The standard InChI is InChI=1S/C71H47NO/c1-4-18-48(19-5-1)49-34-36-51(37-35-49)58-43-44-67(61-27-11-10-26-60(58)61)72(56-41-38-50(39-42-56)52-40-45-69-64(47-52)62-28-13-15-33-68(62)73-69)57-25-16-20-53(46-57)59-30-17-32-66-70(59)63-29-12-14-31-65(63)71(66,54-21-6-2-7-22-54)55-23-8-3-9-24-55/h1-47H. The second-order valence-corrected chi connectivity index (χ2v) is 19.1. The lowest BCUT2D eigenvalue weighted by atomic mass is 9.67. The van der Waals surface area contributed by atoms with Gasteiger partial charge in [-0.05, 0) is 132 Å². The van der Waals surface area contributed by atoms with Gasteiger partial charge in [-0.25, -0.2) is 0 Å².